The van der Waals surface area contributed by atoms with E-state index in [2.05, 4.69) is 0 Å². The van der Waals surface area contributed by atoms with Crippen LogP contribution in [0.3, 0.4) is 0 Å². The molecule has 1 atom stereocenters. The first kappa shape index (κ1) is 5.92. The van der Waals surface area contributed by atoms with Crippen molar-refractivity contribution in [3.63, 3.8) is 0 Å². The zero-order chi connectivity index (χ0) is 6.97. The molecule has 52 valence electrons. The van der Waals surface area contributed by atoms with Gasteiger partial charge in [0.05, 0.1) is 15.7 Å². The summed E-state index contributed by atoms with van der Waals surface area (Å²) in [6, 6.07) is 7.41. The van der Waals surface area contributed by atoms with Crippen LogP contribution in [0.15, 0.2) is 29.2 Å². The summed E-state index contributed by atoms with van der Waals surface area (Å²) in [6.45, 7) is 0. The van der Waals surface area contributed by atoms with Gasteiger partial charge < -0.3 is 4.74 Å². The average molecular weight is 154 g/mol. The van der Waals surface area contributed by atoms with Crippen molar-refractivity contribution < 1.29 is 8.95 Å². The second-order valence-corrected chi connectivity index (χ2v) is 3.42. The number of hydrogen-bond acceptors (Lipinski definition) is 2. The normalized spacial score (nSPS) is 21.8. The molecule has 0 aliphatic carbocycles. The van der Waals surface area contributed by atoms with E-state index in [4.69, 9.17) is 4.74 Å². The molecule has 0 fully saturated rings. The molecule has 1 unspecified atom stereocenters. The topological polar surface area (TPSA) is 26.3 Å². The summed E-state index contributed by atoms with van der Waals surface area (Å²) < 4.78 is 16.2. The summed E-state index contributed by atoms with van der Waals surface area (Å²) in [7, 11) is -0.920. The van der Waals surface area contributed by atoms with E-state index in [9.17, 15) is 4.21 Å². The number of hydrogen-bond donors (Lipinski definition) is 0. The fourth-order valence-electron chi connectivity index (χ4n) is 0.938. The Kier molecular flexibility index (Phi) is 1.24. The van der Waals surface area contributed by atoms with Crippen molar-refractivity contribution in [2.75, 3.05) is 5.94 Å². The number of para-hydroxylation sites is 1. The summed E-state index contributed by atoms with van der Waals surface area (Å²) >= 11 is 0. The summed E-state index contributed by atoms with van der Waals surface area (Å²) in [4.78, 5) is 0.822. The van der Waals surface area contributed by atoms with E-state index in [1.165, 1.54) is 0 Å². The van der Waals surface area contributed by atoms with Crippen molar-refractivity contribution in [2.24, 2.45) is 0 Å². The predicted molar refractivity (Wildman–Crippen MR) is 38.3 cm³/mol. The molecule has 0 bridgehead atoms. The van der Waals surface area contributed by atoms with Gasteiger partial charge in [-0.3, -0.25) is 4.21 Å². The van der Waals surface area contributed by atoms with Crippen LogP contribution in [-0.4, -0.2) is 10.1 Å². The fourth-order valence-corrected chi connectivity index (χ4v) is 1.88. The van der Waals surface area contributed by atoms with Crippen LogP contribution in [-0.2, 0) is 10.8 Å². The minimum Gasteiger partial charge on any atom is -0.479 e. The fraction of sp³-hybridized carbons (Fsp3) is 0.143. The second kappa shape index (κ2) is 2.09. The van der Waals surface area contributed by atoms with Crippen LogP contribution < -0.4 is 4.74 Å². The number of benzene rings is 1. The van der Waals surface area contributed by atoms with Crippen LogP contribution in [0.25, 0.3) is 0 Å². The van der Waals surface area contributed by atoms with E-state index in [0.717, 1.165) is 10.6 Å². The van der Waals surface area contributed by atoms with Gasteiger partial charge in [0.1, 0.15) is 5.75 Å². The van der Waals surface area contributed by atoms with E-state index in [1.807, 2.05) is 24.3 Å². The van der Waals surface area contributed by atoms with Crippen molar-refractivity contribution in [3.05, 3.63) is 24.3 Å². The highest BCUT2D eigenvalue weighted by atomic mass is 32.2. The SMILES string of the molecule is O=S1COc2ccccc21. The lowest BCUT2D eigenvalue weighted by Crippen LogP contribution is -1.91. The van der Waals surface area contributed by atoms with Crippen molar-refractivity contribution in [1.29, 1.82) is 0 Å². The van der Waals surface area contributed by atoms with Crippen molar-refractivity contribution >= 4 is 10.8 Å². The molecule has 1 aliphatic rings. The Morgan fingerprint density at radius 1 is 1.40 bits per heavy atom. The van der Waals surface area contributed by atoms with Gasteiger partial charge in [-0.2, -0.15) is 0 Å². The van der Waals surface area contributed by atoms with Crippen LogP contribution in [0.1, 0.15) is 0 Å². The molecular formula is C7H6O2S. The molecule has 1 aromatic carbocycles. The Balaban J connectivity index is 2.61. The predicted octanol–water partition coefficient (Wildman–Crippen LogP) is 1.14. The van der Waals surface area contributed by atoms with Gasteiger partial charge in [-0.25, -0.2) is 0 Å². The highest BCUT2D eigenvalue weighted by molar-refractivity contribution is 7.85. The summed E-state index contributed by atoms with van der Waals surface area (Å²) in [6.07, 6.45) is 0. The Labute approximate surface area is 61.3 Å². The van der Waals surface area contributed by atoms with E-state index < -0.39 is 10.8 Å². The number of fused-ring (bicyclic) bond motifs is 1. The average Bonchev–Trinajstić information content (AvgIpc) is 2.34. The third-order valence-corrected chi connectivity index (χ3v) is 2.58. The first-order valence-corrected chi connectivity index (χ1v) is 4.30. The first-order valence-electron chi connectivity index (χ1n) is 2.98. The van der Waals surface area contributed by atoms with Crippen LogP contribution in [0.2, 0.25) is 0 Å². The smallest absolute Gasteiger partial charge is 0.167 e. The van der Waals surface area contributed by atoms with Crippen molar-refractivity contribution in [1.82, 2.24) is 0 Å². The molecule has 0 saturated carbocycles. The van der Waals surface area contributed by atoms with Gasteiger partial charge in [-0.15, -0.1) is 0 Å². The van der Waals surface area contributed by atoms with Crippen molar-refractivity contribution in [3.8, 4) is 5.75 Å². The molecule has 0 amide bonds. The van der Waals surface area contributed by atoms with Gasteiger partial charge in [0, 0.05) is 0 Å². The molecule has 0 aromatic heterocycles. The Morgan fingerprint density at radius 3 is 3.00 bits per heavy atom. The molecule has 1 aromatic rings. The Hall–Kier alpha value is -0.830. The van der Waals surface area contributed by atoms with Crippen LogP contribution in [0.4, 0.5) is 0 Å². The maximum atomic E-state index is 11.1. The van der Waals surface area contributed by atoms with E-state index in [-0.39, 0.29) is 0 Å². The highest BCUT2D eigenvalue weighted by Crippen LogP contribution is 2.27. The molecule has 0 saturated heterocycles. The van der Waals surface area contributed by atoms with Gasteiger partial charge in [0.25, 0.3) is 0 Å². The lowest BCUT2D eigenvalue weighted by molar-refractivity contribution is 0.394. The van der Waals surface area contributed by atoms with Crippen LogP contribution >= 0.6 is 0 Å². The molecule has 1 heterocycles. The molecule has 2 nitrogen and oxygen atoms in total. The monoisotopic (exact) mass is 154 g/mol. The minimum atomic E-state index is -0.920. The molecule has 3 heteroatoms. The van der Waals surface area contributed by atoms with Gasteiger partial charge in [-0.05, 0) is 12.1 Å². The largest absolute Gasteiger partial charge is 0.479 e. The zero-order valence-electron chi connectivity index (χ0n) is 5.24. The quantitative estimate of drug-likeness (QED) is 0.560. The van der Waals surface area contributed by atoms with E-state index >= 15 is 0 Å². The maximum Gasteiger partial charge on any atom is 0.167 e. The number of rotatable bonds is 0. The lowest BCUT2D eigenvalue weighted by Gasteiger charge is -1.91. The van der Waals surface area contributed by atoms with E-state index in [0.29, 0.717) is 5.94 Å². The molecular weight excluding hydrogens is 148 g/mol. The van der Waals surface area contributed by atoms with Gasteiger partial charge in [0.2, 0.25) is 0 Å². The maximum absolute atomic E-state index is 11.1. The standard InChI is InChI=1S/C7H6O2S/c8-10-5-9-6-3-1-2-4-7(6)10/h1-4H,5H2. The summed E-state index contributed by atoms with van der Waals surface area (Å²) in [5, 5.41) is 0. The third-order valence-electron chi connectivity index (χ3n) is 1.42. The van der Waals surface area contributed by atoms with Crippen molar-refractivity contribution in [2.45, 2.75) is 4.90 Å². The molecule has 2 rings (SSSR count). The first-order chi connectivity index (χ1) is 4.88. The summed E-state index contributed by atoms with van der Waals surface area (Å²) in [5.74, 6) is 1.08. The molecule has 0 N–H and O–H groups in total. The third kappa shape index (κ3) is 0.743. The molecule has 10 heavy (non-hydrogen) atoms. The van der Waals surface area contributed by atoms with Crippen LogP contribution in [0.5, 0.6) is 5.75 Å². The minimum absolute atomic E-state index is 0.319. The van der Waals surface area contributed by atoms with E-state index in [1.54, 1.807) is 0 Å². The second-order valence-electron chi connectivity index (χ2n) is 2.05. The van der Waals surface area contributed by atoms with Crippen LogP contribution in [0, 0.1) is 0 Å². The summed E-state index contributed by atoms with van der Waals surface area (Å²) in [5.41, 5.74) is 0. The van der Waals surface area contributed by atoms with Gasteiger partial charge in [-0.1, -0.05) is 12.1 Å². The molecule has 0 spiro atoms. The number of ether oxygens (including phenoxy) is 1. The Bertz CT molecular complexity index is 283. The van der Waals surface area contributed by atoms with Gasteiger partial charge in [0.15, 0.2) is 5.94 Å². The molecule has 0 radical (unpaired) electrons. The highest BCUT2D eigenvalue weighted by Gasteiger charge is 2.17. The van der Waals surface area contributed by atoms with Gasteiger partial charge >= 0.3 is 0 Å². The molecule has 1 aliphatic heterocycles. The lowest BCUT2D eigenvalue weighted by atomic mass is 10.3. The zero-order valence-corrected chi connectivity index (χ0v) is 6.06. The Morgan fingerprint density at radius 2 is 2.20 bits per heavy atom.